The molecule has 0 fully saturated rings. The van der Waals surface area contributed by atoms with Gasteiger partial charge in [0, 0.05) is 0 Å². The van der Waals surface area contributed by atoms with Crippen LogP contribution in [0.4, 0.5) is 0 Å². The lowest BCUT2D eigenvalue weighted by atomic mass is 9.97. The molecule has 0 aliphatic carbocycles. The zero-order valence-electron chi connectivity index (χ0n) is 10.8. The second-order valence-corrected chi connectivity index (χ2v) is 4.70. The van der Waals surface area contributed by atoms with Crippen molar-refractivity contribution in [1.82, 2.24) is 5.32 Å². The predicted octanol–water partition coefficient (Wildman–Crippen LogP) is 2.94. The van der Waals surface area contributed by atoms with Gasteiger partial charge in [0.1, 0.15) is 5.75 Å². The van der Waals surface area contributed by atoms with E-state index >= 15 is 0 Å². The highest BCUT2D eigenvalue weighted by atomic mass is 16.5. The van der Waals surface area contributed by atoms with Crippen LogP contribution < -0.4 is 10.1 Å². The summed E-state index contributed by atoms with van der Waals surface area (Å²) in [6.45, 7) is 5.35. The van der Waals surface area contributed by atoms with Crippen LogP contribution in [0.25, 0.3) is 0 Å². The van der Waals surface area contributed by atoms with Crippen LogP contribution in [0.1, 0.15) is 37.3 Å². The summed E-state index contributed by atoms with van der Waals surface area (Å²) in [5, 5.41) is 3.45. The molecule has 0 radical (unpaired) electrons. The van der Waals surface area contributed by atoms with Crippen LogP contribution in [-0.2, 0) is 12.8 Å². The van der Waals surface area contributed by atoms with Crippen molar-refractivity contribution >= 4 is 0 Å². The Morgan fingerprint density at radius 2 is 2.24 bits per heavy atom. The molecule has 1 aliphatic rings. The maximum atomic E-state index is 5.69. The molecule has 1 aromatic carbocycles. The molecule has 2 heteroatoms. The maximum Gasteiger partial charge on any atom is 0.122 e. The number of fused-ring (bicyclic) bond motifs is 1. The van der Waals surface area contributed by atoms with Crippen molar-refractivity contribution in [3.05, 3.63) is 29.3 Å². The van der Waals surface area contributed by atoms with Crippen LogP contribution in [0.3, 0.4) is 0 Å². The molecule has 2 rings (SSSR count). The van der Waals surface area contributed by atoms with Gasteiger partial charge in [-0.25, -0.2) is 0 Å². The van der Waals surface area contributed by atoms with E-state index in [0.717, 1.165) is 31.9 Å². The molecule has 0 amide bonds. The monoisotopic (exact) mass is 233 g/mol. The molecule has 2 nitrogen and oxygen atoms in total. The normalized spacial score (nSPS) is 14.2. The standard InChI is InChI=1S/C15H23NO/c1-2-10-16-11-4-7-13-6-3-9-15-14(13)8-5-12-17-15/h3,6,9,16H,2,4-5,7-8,10-12H2,1H3. The van der Waals surface area contributed by atoms with Crippen LogP contribution in [-0.4, -0.2) is 19.7 Å². The summed E-state index contributed by atoms with van der Waals surface area (Å²) in [6, 6.07) is 6.49. The number of benzene rings is 1. The van der Waals surface area contributed by atoms with Crippen molar-refractivity contribution in [2.45, 2.75) is 39.0 Å². The molecular formula is C15H23NO. The Kier molecular flexibility index (Phi) is 4.87. The first-order valence-electron chi connectivity index (χ1n) is 6.86. The third kappa shape index (κ3) is 3.47. The largest absolute Gasteiger partial charge is 0.493 e. The zero-order valence-corrected chi connectivity index (χ0v) is 10.8. The molecule has 0 spiro atoms. The highest BCUT2D eigenvalue weighted by Gasteiger charge is 2.13. The molecule has 1 N–H and O–H groups in total. The molecular weight excluding hydrogens is 210 g/mol. The van der Waals surface area contributed by atoms with E-state index in [9.17, 15) is 0 Å². The number of nitrogens with one attached hydrogen (secondary N) is 1. The smallest absolute Gasteiger partial charge is 0.122 e. The van der Waals surface area contributed by atoms with Gasteiger partial charge in [-0.2, -0.15) is 0 Å². The molecule has 1 aliphatic heterocycles. The highest BCUT2D eigenvalue weighted by Crippen LogP contribution is 2.28. The summed E-state index contributed by atoms with van der Waals surface area (Å²) >= 11 is 0. The Morgan fingerprint density at radius 1 is 1.29 bits per heavy atom. The SMILES string of the molecule is CCCNCCCc1cccc2c1CCCO2. The minimum Gasteiger partial charge on any atom is -0.493 e. The van der Waals surface area contributed by atoms with Crippen LogP contribution >= 0.6 is 0 Å². The van der Waals surface area contributed by atoms with Gasteiger partial charge >= 0.3 is 0 Å². The Balaban J connectivity index is 1.87. The predicted molar refractivity (Wildman–Crippen MR) is 71.7 cm³/mol. The molecule has 1 aromatic rings. The Bertz CT molecular complexity index is 349. The van der Waals surface area contributed by atoms with Crippen molar-refractivity contribution < 1.29 is 4.74 Å². The first-order chi connectivity index (χ1) is 8.42. The quantitative estimate of drug-likeness (QED) is 0.763. The third-order valence-corrected chi connectivity index (χ3v) is 3.29. The summed E-state index contributed by atoms with van der Waals surface area (Å²) in [4.78, 5) is 0. The highest BCUT2D eigenvalue weighted by molar-refractivity contribution is 5.41. The van der Waals surface area contributed by atoms with E-state index in [1.165, 1.54) is 36.8 Å². The van der Waals surface area contributed by atoms with E-state index < -0.39 is 0 Å². The molecule has 1 heterocycles. The van der Waals surface area contributed by atoms with Crippen molar-refractivity contribution in [2.24, 2.45) is 0 Å². The first-order valence-corrected chi connectivity index (χ1v) is 6.86. The summed E-state index contributed by atoms with van der Waals surface area (Å²) in [7, 11) is 0. The van der Waals surface area contributed by atoms with Crippen molar-refractivity contribution in [3.8, 4) is 5.75 Å². The van der Waals surface area contributed by atoms with Crippen LogP contribution in [0.2, 0.25) is 0 Å². The number of rotatable bonds is 6. The molecule has 0 saturated heterocycles. The summed E-state index contributed by atoms with van der Waals surface area (Å²) < 4.78 is 5.69. The first kappa shape index (κ1) is 12.4. The van der Waals surface area contributed by atoms with E-state index in [4.69, 9.17) is 4.74 Å². The van der Waals surface area contributed by atoms with E-state index in [2.05, 4.69) is 30.4 Å². The minimum absolute atomic E-state index is 0.883. The molecule has 0 atom stereocenters. The second kappa shape index (κ2) is 6.65. The molecule has 0 aromatic heterocycles. The van der Waals surface area contributed by atoms with Gasteiger partial charge in [0.2, 0.25) is 0 Å². The number of hydrogen-bond donors (Lipinski definition) is 1. The topological polar surface area (TPSA) is 21.3 Å². The number of hydrogen-bond acceptors (Lipinski definition) is 2. The lowest BCUT2D eigenvalue weighted by Gasteiger charge is -2.20. The van der Waals surface area contributed by atoms with Crippen molar-refractivity contribution in [3.63, 3.8) is 0 Å². The molecule has 0 saturated carbocycles. The molecule has 17 heavy (non-hydrogen) atoms. The molecule has 0 bridgehead atoms. The lowest BCUT2D eigenvalue weighted by Crippen LogP contribution is -2.17. The Morgan fingerprint density at radius 3 is 3.12 bits per heavy atom. The van der Waals surface area contributed by atoms with Crippen molar-refractivity contribution in [2.75, 3.05) is 19.7 Å². The summed E-state index contributed by atoms with van der Waals surface area (Å²) in [5.41, 5.74) is 2.94. The Hall–Kier alpha value is -1.02. The molecule has 0 unspecified atom stereocenters. The van der Waals surface area contributed by atoms with Gasteiger partial charge < -0.3 is 10.1 Å². The lowest BCUT2D eigenvalue weighted by molar-refractivity contribution is 0.287. The minimum atomic E-state index is 0.883. The van der Waals surface area contributed by atoms with Crippen molar-refractivity contribution in [1.29, 1.82) is 0 Å². The average molecular weight is 233 g/mol. The van der Waals surface area contributed by atoms with Crippen LogP contribution in [0.15, 0.2) is 18.2 Å². The van der Waals surface area contributed by atoms with Gasteiger partial charge in [-0.1, -0.05) is 19.1 Å². The van der Waals surface area contributed by atoms with Gasteiger partial charge in [0.05, 0.1) is 6.61 Å². The fourth-order valence-electron chi connectivity index (χ4n) is 2.40. The fraction of sp³-hybridized carbons (Fsp3) is 0.600. The van der Waals surface area contributed by atoms with Gasteiger partial charge in [-0.3, -0.25) is 0 Å². The zero-order chi connectivity index (χ0) is 11.9. The number of ether oxygens (including phenoxy) is 1. The Labute approximate surface area is 104 Å². The van der Waals surface area contributed by atoms with Crippen LogP contribution in [0, 0.1) is 0 Å². The van der Waals surface area contributed by atoms with Gasteiger partial charge in [0.15, 0.2) is 0 Å². The van der Waals surface area contributed by atoms with Gasteiger partial charge in [0.25, 0.3) is 0 Å². The van der Waals surface area contributed by atoms with Gasteiger partial charge in [-0.05, 0) is 62.4 Å². The second-order valence-electron chi connectivity index (χ2n) is 4.70. The third-order valence-electron chi connectivity index (χ3n) is 3.29. The average Bonchev–Trinajstić information content (AvgIpc) is 2.39. The summed E-state index contributed by atoms with van der Waals surface area (Å²) in [5.74, 6) is 1.12. The molecule has 94 valence electrons. The number of aryl methyl sites for hydroxylation is 1. The van der Waals surface area contributed by atoms with Crippen LogP contribution in [0.5, 0.6) is 5.75 Å². The summed E-state index contributed by atoms with van der Waals surface area (Å²) in [6.07, 6.45) is 5.96. The van der Waals surface area contributed by atoms with E-state index in [-0.39, 0.29) is 0 Å². The van der Waals surface area contributed by atoms with E-state index in [1.54, 1.807) is 0 Å². The fourth-order valence-corrected chi connectivity index (χ4v) is 2.40. The van der Waals surface area contributed by atoms with E-state index in [1.807, 2.05) is 0 Å². The maximum absolute atomic E-state index is 5.69. The van der Waals surface area contributed by atoms with Gasteiger partial charge in [-0.15, -0.1) is 0 Å². The van der Waals surface area contributed by atoms with E-state index in [0.29, 0.717) is 0 Å².